The first kappa shape index (κ1) is 24.4. The lowest BCUT2D eigenvalue weighted by Gasteiger charge is -2.39. The Bertz CT molecular complexity index is 555. The quantitative estimate of drug-likeness (QED) is 0.249. The van der Waals surface area contributed by atoms with E-state index in [-0.39, 0.29) is 17.9 Å². The molecule has 2 fully saturated rings. The molecule has 2 heterocycles. The molecule has 2 aliphatic heterocycles. The summed E-state index contributed by atoms with van der Waals surface area (Å²) >= 11 is 0. The second-order valence-electron chi connectivity index (χ2n) is 8.21. The topological polar surface area (TPSA) is 77.5 Å². The first-order valence-electron chi connectivity index (χ1n) is 11.7. The maximum Gasteiger partial charge on any atom is 0.305 e. The van der Waals surface area contributed by atoms with E-state index >= 15 is 0 Å². The summed E-state index contributed by atoms with van der Waals surface area (Å²) < 4.78 is 4.67. The van der Waals surface area contributed by atoms with E-state index in [0.29, 0.717) is 6.42 Å². The number of nitrogens with zero attached hydrogens (tertiary/aromatic N) is 4. The van der Waals surface area contributed by atoms with Crippen molar-refractivity contribution in [1.29, 1.82) is 0 Å². The number of piperazine rings is 1. The second kappa shape index (κ2) is 13.5. The fourth-order valence-corrected chi connectivity index (χ4v) is 4.13. The summed E-state index contributed by atoms with van der Waals surface area (Å²) in [6.07, 6.45) is 6.79. The number of likely N-dealkylation sites (tertiary alicyclic amines) is 1. The van der Waals surface area contributed by atoms with Gasteiger partial charge in [0.1, 0.15) is 0 Å². The molecule has 1 N–H and O–H groups in total. The van der Waals surface area contributed by atoms with Crippen molar-refractivity contribution < 1.29 is 14.3 Å². The number of ether oxygens (including phenoxy) is 1. The number of guanidine groups is 1. The van der Waals surface area contributed by atoms with Crippen LogP contribution in [0.1, 0.15) is 58.8 Å². The molecule has 0 saturated carbocycles. The highest BCUT2D eigenvalue weighted by Crippen LogP contribution is 2.14. The Morgan fingerprint density at radius 1 is 0.967 bits per heavy atom. The predicted octanol–water partition coefficient (Wildman–Crippen LogP) is 1.70. The number of nitrogens with one attached hydrogen (secondary N) is 1. The van der Waals surface area contributed by atoms with Gasteiger partial charge >= 0.3 is 5.97 Å². The van der Waals surface area contributed by atoms with Crippen LogP contribution in [0, 0.1) is 0 Å². The van der Waals surface area contributed by atoms with Crippen LogP contribution < -0.4 is 5.32 Å². The number of rotatable bonds is 10. The predicted molar refractivity (Wildman–Crippen MR) is 120 cm³/mol. The smallest absolute Gasteiger partial charge is 0.305 e. The highest BCUT2D eigenvalue weighted by atomic mass is 16.5. The summed E-state index contributed by atoms with van der Waals surface area (Å²) in [6.45, 7) is 11.2. The van der Waals surface area contributed by atoms with Crippen LogP contribution in [0.2, 0.25) is 0 Å². The lowest BCUT2D eigenvalue weighted by molar-refractivity contribution is -0.140. The molecule has 0 aromatic heterocycles. The molecular formula is C22H41N5O3. The molecule has 1 amide bonds. The second-order valence-corrected chi connectivity index (χ2v) is 8.21. The van der Waals surface area contributed by atoms with Gasteiger partial charge in [-0.2, -0.15) is 0 Å². The van der Waals surface area contributed by atoms with Gasteiger partial charge in [0, 0.05) is 58.8 Å². The Labute approximate surface area is 182 Å². The van der Waals surface area contributed by atoms with Gasteiger partial charge in [-0.3, -0.25) is 19.5 Å². The number of esters is 1. The molecule has 30 heavy (non-hydrogen) atoms. The molecule has 2 aliphatic rings. The number of methoxy groups -OCH3 is 1. The summed E-state index contributed by atoms with van der Waals surface area (Å²) in [4.78, 5) is 35.2. The van der Waals surface area contributed by atoms with Gasteiger partial charge in [0.15, 0.2) is 5.96 Å². The minimum atomic E-state index is -0.127. The zero-order valence-corrected chi connectivity index (χ0v) is 19.2. The third-order valence-electron chi connectivity index (χ3n) is 6.05. The van der Waals surface area contributed by atoms with Crippen molar-refractivity contribution in [3.8, 4) is 0 Å². The van der Waals surface area contributed by atoms with Crippen molar-refractivity contribution in [2.24, 2.45) is 4.99 Å². The van der Waals surface area contributed by atoms with E-state index in [2.05, 4.69) is 33.7 Å². The summed E-state index contributed by atoms with van der Waals surface area (Å²) in [5.41, 5.74) is 0. The monoisotopic (exact) mass is 423 g/mol. The highest BCUT2D eigenvalue weighted by molar-refractivity contribution is 5.82. The summed E-state index contributed by atoms with van der Waals surface area (Å²) in [5.74, 6) is 1.14. The van der Waals surface area contributed by atoms with E-state index in [1.54, 1.807) is 0 Å². The van der Waals surface area contributed by atoms with E-state index in [1.165, 1.54) is 7.11 Å². The maximum atomic E-state index is 12.7. The first-order valence-corrected chi connectivity index (χ1v) is 11.7. The number of carbonyl (C=O) groups is 2. The molecule has 2 rings (SSSR count). The van der Waals surface area contributed by atoms with Gasteiger partial charge in [0.25, 0.3) is 0 Å². The van der Waals surface area contributed by atoms with Gasteiger partial charge in [0.05, 0.1) is 13.2 Å². The molecule has 8 heteroatoms. The zero-order valence-electron chi connectivity index (χ0n) is 19.2. The molecule has 0 aromatic rings. The van der Waals surface area contributed by atoms with E-state index < -0.39 is 0 Å². The average Bonchev–Trinajstić information content (AvgIpc) is 3.31. The number of unbranched alkanes of at least 4 members (excludes halogenated alkanes) is 3. The van der Waals surface area contributed by atoms with Gasteiger partial charge in [-0.05, 0) is 39.5 Å². The minimum Gasteiger partial charge on any atom is -0.469 e. The first-order chi connectivity index (χ1) is 14.6. The van der Waals surface area contributed by atoms with E-state index in [0.717, 1.165) is 96.8 Å². The summed E-state index contributed by atoms with van der Waals surface area (Å²) in [6, 6.07) is -0.0326. The van der Waals surface area contributed by atoms with Crippen molar-refractivity contribution in [2.75, 3.05) is 59.5 Å². The van der Waals surface area contributed by atoms with Gasteiger partial charge in [-0.1, -0.05) is 12.8 Å². The van der Waals surface area contributed by atoms with E-state index in [9.17, 15) is 9.59 Å². The van der Waals surface area contributed by atoms with Crippen molar-refractivity contribution in [2.45, 2.75) is 64.8 Å². The maximum absolute atomic E-state index is 12.7. The van der Waals surface area contributed by atoms with Gasteiger partial charge in [-0.25, -0.2) is 0 Å². The van der Waals surface area contributed by atoms with Crippen molar-refractivity contribution in [3.05, 3.63) is 0 Å². The van der Waals surface area contributed by atoms with Crippen LogP contribution in [-0.4, -0.2) is 98.0 Å². The molecule has 1 atom stereocenters. The molecule has 8 nitrogen and oxygen atoms in total. The Kier molecular flexibility index (Phi) is 11.0. The van der Waals surface area contributed by atoms with Crippen LogP contribution in [0.4, 0.5) is 0 Å². The van der Waals surface area contributed by atoms with Crippen molar-refractivity contribution >= 4 is 17.8 Å². The standard InChI is InChI=1S/C22H41N5O3/c1-4-23-22(24-12-8-6-5-7-11-20(28)30-3)27-17-15-25(16-18-27)19(2)21(29)26-13-9-10-14-26/h19H,4-18H2,1-3H3,(H,23,24). The van der Waals surface area contributed by atoms with Crippen LogP contribution in [0.5, 0.6) is 0 Å². The van der Waals surface area contributed by atoms with Gasteiger partial charge in [0.2, 0.25) is 5.91 Å². The lowest BCUT2D eigenvalue weighted by Crippen LogP contribution is -2.57. The molecule has 172 valence electrons. The lowest BCUT2D eigenvalue weighted by atomic mass is 10.1. The fourth-order valence-electron chi connectivity index (χ4n) is 4.13. The molecule has 0 aliphatic carbocycles. The van der Waals surface area contributed by atoms with Crippen molar-refractivity contribution in [1.82, 2.24) is 20.0 Å². The molecule has 0 bridgehead atoms. The number of amides is 1. The molecule has 2 saturated heterocycles. The highest BCUT2D eigenvalue weighted by Gasteiger charge is 2.30. The number of aliphatic imine (C=N–C) groups is 1. The number of hydrogen-bond donors (Lipinski definition) is 1. The van der Waals surface area contributed by atoms with Crippen LogP contribution in [0.25, 0.3) is 0 Å². The van der Waals surface area contributed by atoms with Crippen molar-refractivity contribution in [3.63, 3.8) is 0 Å². The van der Waals surface area contributed by atoms with Crippen LogP contribution in [0.3, 0.4) is 0 Å². The average molecular weight is 424 g/mol. The van der Waals surface area contributed by atoms with Crippen LogP contribution in [-0.2, 0) is 14.3 Å². The zero-order chi connectivity index (χ0) is 21.8. The normalized spacial score (nSPS) is 19.1. The Morgan fingerprint density at radius 2 is 1.63 bits per heavy atom. The Morgan fingerprint density at radius 3 is 2.27 bits per heavy atom. The van der Waals surface area contributed by atoms with E-state index in [4.69, 9.17) is 4.99 Å². The van der Waals surface area contributed by atoms with Crippen LogP contribution in [0.15, 0.2) is 4.99 Å². The number of carbonyl (C=O) groups excluding carboxylic acids is 2. The summed E-state index contributed by atoms with van der Waals surface area (Å²) in [5, 5.41) is 3.41. The fraction of sp³-hybridized carbons (Fsp3) is 0.864. The summed E-state index contributed by atoms with van der Waals surface area (Å²) in [7, 11) is 1.44. The number of hydrogen-bond acceptors (Lipinski definition) is 5. The Hall–Kier alpha value is -1.83. The molecule has 0 aromatic carbocycles. The largest absolute Gasteiger partial charge is 0.469 e. The van der Waals surface area contributed by atoms with Crippen LogP contribution >= 0.6 is 0 Å². The molecule has 0 radical (unpaired) electrons. The van der Waals surface area contributed by atoms with Gasteiger partial charge in [-0.15, -0.1) is 0 Å². The molecular weight excluding hydrogens is 382 g/mol. The van der Waals surface area contributed by atoms with E-state index in [1.807, 2.05) is 4.90 Å². The minimum absolute atomic E-state index is 0.0326. The third-order valence-corrected chi connectivity index (χ3v) is 6.05. The third kappa shape index (κ3) is 7.78. The molecule has 0 spiro atoms. The van der Waals surface area contributed by atoms with Gasteiger partial charge < -0.3 is 19.9 Å². The SMILES string of the molecule is CCNC(=NCCCCCCC(=O)OC)N1CCN(C(C)C(=O)N2CCCC2)CC1. The Balaban J connectivity index is 1.71. The molecule has 1 unspecified atom stereocenters.